The Hall–Kier alpha value is -2.13. The summed E-state index contributed by atoms with van der Waals surface area (Å²) >= 11 is 12.7. The van der Waals surface area contributed by atoms with E-state index in [1.54, 1.807) is 24.3 Å². The van der Waals surface area contributed by atoms with E-state index in [1.807, 2.05) is 42.5 Å². The second-order valence-electron chi connectivity index (χ2n) is 5.91. The topological polar surface area (TPSA) is 26.3 Å². The fraction of sp³-hybridized carbons (Fsp3) is 0.0952. The van der Waals surface area contributed by atoms with Crippen molar-refractivity contribution >= 4 is 29.0 Å². The van der Waals surface area contributed by atoms with Gasteiger partial charge in [-0.05, 0) is 23.3 Å². The zero-order valence-electron chi connectivity index (χ0n) is 13.2. The Morgan fingerprint density at radius 2 is 1.56 bits per heavy atom. The normalized spacial score (nSPS) is 15.6. The highest BCUT2D eigenvalue weighted by Gasteiger charge is 2.34. The summed E-state index contributed by atoms with van der Waals surface area (Å²) in [6.07, 6.45) is -0.435. The summed E-state index contributed by atoms with van der Waals surface area (Å²) < 4.78 is 6.21. The van der Waals surface area contributed by atoms with Crippen LogP contribution in [0.2, 0.25) is 10.0 Å². The summed E-state index contributed by atoms with van der Waals surface area (Å²) in [5.41, 5.74) is 3.56. The number of carbonyl (C=O) groups is 1. The summed E-state index contributed by atoms with van der Waals surface area (Å²) in [4.78, 5) is 12.9. The average molecular weight is 369 g/mol. The molecule has 25 heavy (non-hydrogen) atoms. The maximum absolute atomic E-state index is 12.9. The van der Waals surface area contributed by atoms with E-state index in [0.717, 1.165) is 11.1 Å². The van der Waals surface area contributed by atoms with Crippen molar-refractivity contribution in [3.8, 4) is 0 Å². The standard InChI is InChI=1S/C21H14Cl2O2/c22-16-10-5-9-15-18(16)20(24)14-8-4-11-17(23)19(14)21(15)25-12-13-6-2-1-3-7-13/h1-11,21H,12H2. The molecule has 0 saturated carbocycles. The highest BCUT2D eigenvalue weighted by Crippen LogP contribution is 2.43. The van der Waals surface area contributed by atoms with Gasteiger partial charge in [0.2, 0.25) is 0 Å². The molecule has 0 heterocycles. The van der Waals surface area contributed by atoms with Crippen LogP contribution in [0, 0.1) is 0 Å². The van der Waals surface area contributed by atoms with E-state index in [0.29, 0.717) is 33.3 Å². The first-order valence-electron chi connectivity index (χ1n) is 7.94. The van der Waals surface area contributed by atoms with Gasteiger partial charge in [0, 0.05) is 21.7 Å². The third kappa shape index (κ3) is 2.87. The Morgan fingerprint density at radius 1 is 0.840 bits per heavy atom. The third-order valence-corrected chi connectivity index (χ3v) is 5.02. The first-order chi connectivity index (χ1) is 12.2. The van der Waals surface area contributed by atoms with E-state index in [-0.39, 0.29) is 5.78 Å². The van der Waals surface area contributed by atoms with Crippen molar-refractivity contribution in [1.82, 2.24) is 0 Å². The lowest BCUT2D eigenvalue weighted by atomic mass is 9.83. The van der Waals surface area contributed by atoms with Crippen molar-refractivity contribution in [2.45, 2.75) is 12.7 Å². The second kappa shape index (κ2) is 6.64. The molecule has 0 N–H and O–H groups in total. The van der Waals surface area contributed by atoms with Gasteiger partial charge in [-0.15, -0.1) is 0 Å². The molecule has 1 unspecified atom stereocenters. The largest absolute Gasteiger partial charge is 0.364 e. The number of rotatable bonds is 3. The third-order valence-electron chi connectivity index (χ3n) is 4.37. The number of halogens is 2. The zero-order chi connectivity index (χ0) is 17.4. The van der Waals surface area contributed by atoms with Crippen molar-refractivity contribution < 1.29 is 9.53 Å². The molecule has 2 nitrogen and oxygen atoms in total. The van der Waals surface area contributed by atoms with Crippen molar-refractivity contribution in [2.75, 3.05) is 0 Å². The number of carbonyl (C=O) groups excluding carboxylic acids is 1. The number of fused-ring (bicyclic) bond motifs is 2. The lowest BCUT2D eigenvalue weighted by Gasteiger charge is -2.29. The quantitative estimate of drug-likeness (QED) is 0.579. The minimum Gasteiger partial charge on any atom is -0.364 e. The summed E-state index contributed by atoms with van der Waals surface area (Å²) in [5.74, 6) is -0.113. The van der Waals surface area contributed by atoms with E-state index in [2.05, 4.69) is 0 Å². The summed E-state index contributed by atoms with van der Waals surface area (Å²) in [6, 6.07) is 20.7. The minimum absolute atomic E-state index is 0.113. The van der Waals surface area contributed by atoms with Gasteiger partial charge in [-0.3, -0.25) is 4.79 Å². The molecule has 1 atom stereocenters. The first-order valence-corrected chi connectivity index (χ1v) is 8.69. The highest BCUT2D eigenvalue weighted by atomic mass is 35.5. The summed E-state index contributed by atoms with van der Waals surface area (Å²) in [5, 5.41) is 0.955. The van der Waals surface area contributed by atoms with Gasteiger partial charge in [0.1, 0.15) is 6.10 Å². The Kier molecular flexibility index (Phi) is 4.34. The van der Waals surface area contributed by atoms with Gasteiger partial charge in [-0.1, -0.05) is 77.8 Å². The van der Waals surface area contributed by atoms with Crippen LogP contribution in [0.25, 0.3) is 0 Å². The minimum atomic E-state index is -0.435. The summed E-state index contributed by atoms with van der Waals surface area (Å²) in [7, 11) is 0. The van der Waals surface area contributed by atoms with Crippen molar-refractivity contribution in [2.24, 2.45) is 0 Å². The van der Waals surface area contributed by atoms with Crippen LogP contribution in [0.4, 0.5) is 0 Å². The molecule has 3 aromatic carbocycles. The smallest absolute Gasteiger partial charge is 0.195 e. The molecule has 0 aliphatic heterocycles. The number of ether oxygens (including phenoxy) is 1. The number of hydrogen-bond donors (Lipinski definition) is 0. The molecule has 1 aliphatic carbocycles. The van der Waals surface area contributed by atoms with Crippen molar-refractivity contribution in [1.29, 1.82) is 0 Å². The van der Waals surface area contributed by atoms with Crippen LogP contribution < -0.4 is 0 Å². The molecule has 0 radical (unpaired) electrons. The Balaban J connectivity index is 1.82. The molecule has 4 heteroatoms. The van der Waals surface area contributed by atoms with E-state index in [9.17, 15) is 4.79 Å². The van der Waals surface area contributed by atoms with E-state index in [1.165, 1.54) is 0 Å². The Morgan fingerprint density at radius 3 is 2.36 bits per heavy atom. The molecule has 0 saturated heterocycles. The molecule has 0 aromatic heterocycles. The van der Waals surface area contributed by atoms with Gasteiger partial charge in [0.25, 0.3) is 0 Å². The van der Waals surface area contributed by atoms with Gasteiger partial charge < -0.3 is 4.74 Å². The SMILES string of the molecule is O=C1c2cccc(Cl)c2C(OCc2ccccc2)c2cccc(Cl)c21. The van der Waals surface area contributed by atoms with Gasteiger partial charge >= 0.3 is 0 Å². The monoisotopic (exact) mass is 368 g/mol. The Labute approximate surface area is 156 Å². The highest BCUT2D eigenvalue weighted by molar-refractivity contribution is 6.36. The maximum Gasteiger partial charge on any atom is 0.195 e. The van der Waals surface area contributed by atoms with Crippen LogP contribution in [0.15, 0.2) is 66.7 Å². The maximum atomic E-state index is 12.9. The molecule has 0 amide bonds. The second-order valence-corrected chi connectivity index (χ2v) is 6.73. The molecule has 0 bridgehead atoms. The average Bonchev–Trinajstić information content (AvgIpc) is 2.63. The molecule has 4 rings (SSSR count). The number of ketones is 1. The van der Waals surface area contributed by atoms with Crippen LogP contribution in [0.5, 0.6) is 0 Å². The Bertz CT molecular complexity index is 951. The molecular formula is C21H14Cl2O2. The number of benzene rings is 3. The molecule has 3 aromatic rings. The molecule has 0 fully saturated rings. The van der Waals surface area contributed by atoms with E-state index in [4.69, 9.17) is 27.9 Å². The van der Waals surface area contributed by atoms with E-state index < -0.39 is 6.10 Å². The van der Waals surface area contributed by atoms with Crippen LogP contribution in [-0.2, 0) is 11.3 Å². The van der Waals surface area contributed by atoms with Gasteiger partial charge in [0.15, 0.2) is 5.78 Å². The fourth-order valence-corrected chi connectivity index (χ4v) is 3.76. The van der Waals surface area contributed by atoms with E-state index >= 15 is 0 Å². The number of hydrogen-bond acceptors (Lipinski definition) is 2. The lowest BCUT2D eigenvalue weighted by Crippen LogP contribution is -2.22. The predicted molar refractivity (Wildman–Crippen MR) is 99.4 cm³/mol. The van der Waals surface area contributed by atoms with Crippen LogP contribution in [0.1, 0.15) is 38.7 Å². The van der Waals surface area contributed by atoms with Crippen molar-refractivity contribution in [3.63, 3.8) is 0 Å². The van der Waals surface area contributed by atoms with Gasteiger partial charge in [-0.2, -0.15) is 0 Å². The molecular weight excluding hydrogens is 355 g/mol. The molecule has 124 valence electrons. The van der Waals surface area contributed by atoms with Crippen LogP contribution >= 0.6 is 23.2 Å². The van der Waals surface area contributed by atoms with Crippen molar-refractivity contribution in [3.05, 3.63) is 105 Å². The van der Waals surface area contributed by atoms with Crippen LogP contribution in [0.3, 0.4) is 0 Å². The summed E-state index contributed by atoms with van der Waals surface area (Å²) in [6.45, 7) is 0.413. The van der Waals surface area contributed by atoms with Gasteiger partial charge in [0.05, 0.1) is 11.6 Å². The van der Waals surface area contributed by atoms with Gasteiger partial charge in [-0.25, -0.2) is 0 Å². The first kappa shape index (κ1) is 16.3. The fourth-order valence-electron chi connectivity index (χ4n) is 3.22. The zero-order valence-corrected chi connectivity index (χ0v) is 14.7. The van der Waals surface area contributed by atoms with Crippen LogP contribution in [-0.4, -0.2) is 5.78 Å². The molecule has 1 aliphatic rings. The molecule has 0 spiro atoms. The predicted octanol–water partition coefficient (Wildman–Crippen LogP) is 5.84. The lowest BCUT2D eigenvalue weighted by molar-refractivity contribution is 0.0627.